The first-order valence-electron chi connectivity index (χ1n) is 4.39. The molecule has 0 aromatic carbocycles. The summed E-state index contributed by atoms with van der Waals surface area (Å²) in [4.78, 5) is 0. The summed E-state index contributed by atoms with van der Waals surface area (Å²) in [5, 5.41) is 0. The van der Waals surface area contributed by atoms with Crippen LogP contribution in [0, 0.1) is 0 Å². The van der Waals surface area contributed by atoms with Gasteiger partial charge in [0.25, 0.3) is 0 Å². The van der Waals surface area contributed by atoms with Crippen LogP contribution >= 0.6 is 0 Å². The van der Waals surface area contributed by atoms with E-state index in [0.717, 1.165) is 6.26 Å². The molecule has 92 valence electrons. The average molecular weight is 259 g/mol. The lowest BCUT2D eigenvalue weighted by molar-refractivity contribution is 0.572. The first-order valence-corrected chi connectivity index (χ1v) is 7.93. The fraction of sp³-hybridized carbons (Fsp3) is 1.00. The van der Waals surface area contributed by atoms with Crippen LogP contribution in [0.25, 0.3) is 0 Å². The molecule has 0 aliphatic carbocycles. The number of hydrogen-bond donors (Lipinski definition) is 3. The van der Waals surface area contributed by atoms with E-state index in [0.29, 0.717) is 13.0 Å². The third-order valence-electron chi connectivity index (χ3n) is 1.43. The van der Waals surface area contributed by atoms with E-state index in [-0.39, 0.29) is 18.8 Å². The van der Waals surface area contributed by atoms with Gasteiger partial charge in [0, 0.05) is 13.1 Å². The Morgan fingerprint density at radius 2 is 1.60 bits per heavy atom. The van der Waals surface area contributed by atoms with Crippen molar-refractivity contribution in [1.82, 2.24) is 9.44 Å². The van der Waals surface area contributed by atoms with Crippen molar-refractivity contribution < 1.29 is 16.8 Å². The minimum absolute atomic E-state index is 0.0393. The third kappa shape index (κ3) is 10.1. The van der Waals surface area contributed by atoms with Gasteiger partial charge in [-0.2, -0.15) is 0 Å². The summed E-state index contributed by atoms with van der Waals surface area (Å²) in [5.41, 5.74) is 5.16. The maximum atomic E-state index is 11.2. The highest BCUT2D eigenvalue weighted by molar-refractivity contribution is 7.89. The zero-order chi connectivity index (χ0) is 11.9. The zero-order valence-electron chi connectivity index (χ0n) is 8.56. The average Bonchev–Trinajstić information content (AvgIpc) is 2.08. The minimum atomic E-state index is -3.33. The molecule has 0 aliphatic rings. The van der Waals surface area contributed by atoms with Crippen molar-refractivity contribution in [2.45, 2.75) is 6.42 Å². The molecule has 0 spiro atoms. The van der Waals surface area contributed by atoms with Crippen molar-refractivity contribution in [2.75, 3.05) is 31.6 Å². The molecule has 0 saturated carbocycles. The number of rotatable bonds is 8. The molecule has 0 heterocycles. The Morgan fingerprint density at radius 1 is 1.07 bits per heavy atom. The highest BCUT2D eigenvalue weighted by Gasteiger charge is 2.08. The minimum Gasteiger partial charge on any atom is -0.330 e. The van der Waals surface area contributed by atoms with Crippen LogP contribution in [0.2, 0.25) is 0 Å². The van der Waals surface area contributed by atoms with Crippen molar-refractivity contribution in [3.8, 4) is 0 Å². The largest absolute Gasteiger partial charge is 0.330 e. The van der Waals surface area contributed by atoms with E-state index in [9.17, 15) is 16.8 Å². The standard InChI is InChI=1S/C6H17N3O4S2/c1-14(10,11)8-4-5-9-15(12,13)6-2-3-7/h8-9H,2-7H2,1H3. The van der Waals surface area contributed by atoms with Gasteiger partial charge < -0.3 is 5.73 Å². The molecule has 0 radical (unpaired) electrons. The molecule has 7 nitrogen and oxygen atoms in total. The highest BCUT2D eigenvalue weighted by Crippen LogP contribution is 1.86. The van der Waals surface area contributed by atoms with Crippen LogP contribution in [0.15, 0.2) is 0 Å². The van der Waals surface area contributed by atoms with Gasteiger partial charge in [0.05, 0.1) is 12.0 Å². The second kappa shape index (κ2) is 6.38. The van der Waals surface area contributed by atoms with Crippen LogP contribution in [-0.4, -0.2) is 48.5 Å². The van der Waals surface area contributed by atoms with E-state index in [1.165, 1.54) is 0 Å². The van der Waals surface area contributed by atoms with E-state index < -0.39 is 20.0 Å². The number of nitrogens with two attached hydrogens (primary N) is 1. The van der Waals surface area contributed by atoms with Crippen molar-refractivity contribution in [3.63, 3.8) is 0 Å². The lowest BCUT2D eigenvalue weighted by atomic mass is 10.5. The third-order valence-corrected chi connectivity index (χ3v) is 3.63. The van der Waals surface area contributed by atoms with Crippen LogP contribution in [0.5, 0.6) is 0 Å². The van der Waals surface area contributed by atoms with E-state index in [2.05, 4.69) is 9.44 Å². The van der Waals surface area contributed by atoms with Crippen LogP contribution in [0.4, 0.5) is 0 Å². The summed E-state index contributed by atoms with van der Waals surface area (Å²) >= 11 is 0. The molecule has 0 rings (SSSR count). The van der Waals surface area contributed by atoms with Gasteiger partial charge in [-0.15, -0.1) is 0 Å². The van der Waals surface area contributed by atoms with Gasteiger partial charge in [0.1, 0.15) is 0 Å². The van der Waals surface area contributed by atoms with Gasteiger partial charge >= 0.3 is 0 Å². The van der Waals surface area contributed by atoms with Crippen molar-refractivity contribution in [1.29, 1.82) is 0 Å². The first-order chi connectivity index (χ1) is 6.77. The summed E-state index contributed by atoms with van der Waals surface area (Å²) < 4.78 is 48.0. The predicted octanol–water partition coefficient (Wildman–Crippen LogP) is -2.20. The Morgan fingerprint density at radius 3 is 2.07 bits per heavy atom. The van der Waals surface area contributed by atoms with E-state index in [1.54, 1.807) is 0 Å². The normalized spacial score (nSPS) is 12.9. The van der Waals surface area contributed by atoms with Crippen molar-refractivity contribution in [3.05, 3.63) is 0 Å². The Hall–Kier alpha value is -0.220. The van der Waals surface area contributed by atoms with Gasteiger partial charge in [-0.25, -0.2) is 26.3 Å². The summed E-state index contributed by atoms with van der Waals surface area (Å²) in [6.07, 6.45) is 1.39. The number of sulfonamides is 2. The van der Waals surface area contributed by atoms with Gasteiger partial charge in [0.2, 0.25) is 20.0 Å². The molecule has 0 bridgehead atoms. The first kappa shape index (κ1) is 14.8. The number of hydrogen-bond acceptors (Lipinski definition) is 5. The van der Waals surface area contributed by atoms with Crippen molar-refractivity contribution >= 4 is 20.0 Å². The van der Waals surface area contributed by atoms with Gasteiger partial charge in [0.15, 0.2) is 0 Å². The Labute approximate surface area is 90.5 Å². The van der Waals surface area contributed by atoms with Crippen LogP contribution in [0.1, 0.15) is 6.42 Å². The molecule has 0 aromatic rings. The maximum absolute atomic E-state index is 11.2. The van der Waals surface area contributed by atoms with Gasteiger partial charge in [-0.3, -0.25) is 0 Å². The Bertz CT molecular complexity index is 362. The SMILES string of the molecule is CS(=O)(=O)NCCNS(=O)(=O)CCCN. The second-order valence-corrected chi connectivity index (χ2v) is 6.78. The van der Waals surface area contributed by atoms with E-state index in [4.69, 9.17) is 5.73 Å². The van der Waals surface area contributed by atoms with Gasteiger partial charge in [-0.05, 0) is 13.0 Å². The molecule has 0 saturated heterocycles. The lowest BCUT2D eigenvalue weighted by Crippen LogP contribution is -2.35. The second-order valence-electron chi connectivity index (χ2n) is 3.02. The van der Waals surface area contributed by atoms with Crippen LogP contribution in [0.3, 0.4) is 0 Å². The molecule has 0 aliphatic heterocycles. The fourth-order valence-corrected chi connectivity index (χ4v) is 2.37. The maximum Gasteiger partial charge on any atom is 0.211 e. The monoisotopic (exact) mass is 259 g/mol. The molecule has 0 atom stereocenters. The van der Waals surface area contributed by atoms with Crippen molar-refractivity contribution in [2.24, 2.45) is 5.73 Å². The van der Waals surface area contributed by atoms with E-state index in [1.807, 2.05) is 0 Å². The molecular formula is C6H17N3O4S2. The highest BCUT2D eigenvalue weighted by atomic mass is 32.2. The molecule has 4 N–H and O–H groups in total. The lowest BCUT2D eigenvalue weighted by Gasteiger charge is -2.05. The smallest absolute Gasteiger partial charge is 0.211 e. The summed E-state index contributed by atoms with van der Waals surface area (Å²) in [7, 11) is -6.59. The van der Waals surface area contributed by atoms with E-state index >= 15 is 0 Å². The zero-order valence-corrected chi connectivity index (χ0v) is 10.2. The summed E-state index contributed by atoms with van der Waals surface area (Å²) in [6.45, 7) is 0.392. The van der Waals surface area contributed by atoms with Crippen LogP contribution < -0.4 is 15.2 Å². The fourth-order valence-electron chi connectivity index (χ4n) is 0.788. The molecule has 0 aromatic heterocycles. The topological polar surface area (TPSA) is 118 Å². The Balaban J connectivity index is 3.76. The van der Waals surface area contributed by atoms with Gasteiger partial charge in [-0.1, -0.05) is 0 Å². The Kier molecular flexibility index (Phi) is 6.29. The predicted molar refractivity (Wildman–Crippen MR) is 58.3 cm³/mol. The molecule has 0 amide bonds. The number of nitrogens with one attached hydrogen (secondary N) is 2. The molecule has 9 heteroatoms. The molecule has 15 heavy (non-hydrogen) atoms. The molecule has 0 fully saturated rings. The quantitative estimate of drug-likeness (QED) is 0.428. The summed E-state index contributed by atoms with van der Waals surface area (Å²) in [6, 6.07) is 0. The molecular weight excluding hydrogens is 242 g/mol. The summed E-state index contributed by atoms with van der Waals surface area (Å²) in [5.74, 6) is -0.0393. The molecule has 0 unspecified atom stereocenters. The van der Waals surface area contributed by atoms with Crippen LogP contribution in [-0.2, 0) is 20.0 Å².